The van der Waals surface area contributed by atoms with Gasteiger partial charge in [0.1, 0.15) is 5.69 Å². The van der Waals surface area contributed by atoms with Crippen LogP contribution in [0.25, 0.3) is 16.6 Å². The molecule has 0 radical (unpaired) electrons. The number of carbonyl (C=O) groups is 1. The van der Waals surface area contributed by atoms with Gasteiger partial charge in [-0.15, -0.1) is 0 Å². The first kappa shape index (κ1) is 17.6. The molecule has 0 aliphatic heterocycles. The van der Waals surface area contributed by atoms with Gasteiger partial charge in [-0.25, -0.2) is 19.7 Å². The SMILES string of the molecule is C/C(=N/NC(N)=O)c1ccc2ncc(C(C)c3ccc4ncccc4c3)n2n1. The molecular weight excluding hydrogens is 354 g/mol. The maximum absolute atomic E-state index is 10.9. The number of primary amides is 1. The summed E-state index contributed by atoms with van der Waals surface area (Å²) in [4.78, 5) is 19.7. The molecule has 0 saturated heterocycles. The number of hydrogen-bond donors (Lipinski definition) is 2. The highest BCUT2D eigenvalue weighted by atomic mass is 16.2. The lowest BCUT2D eigenvalue weighted by atomic mass is 9.97. The molecule has 8 heteroatoms. The molecule has 4 aromatic rings. The zero-order valence-corrected chi connectivity index (χ0v) is 15.5. The lowest BCUT2D eigenvalue weighted by molar-refractivity contribution is 0.249. The Morgan fingerprint density at radius 1 is 1.21 bits per heavy atom. The Bertz CT molecular complexity index is 1210. The van der Waals surface area contributed by atoms with Crippen LogP contribution in [0.1, 0.15) is 36.7 Å². The number of aromatic nitrogens is 4. The van der Waals surface area contributed by atoms with E-state index in [1.165, 1.54) is 0 Å². The van der Waals surface area contributed by atoms with Gasteiger partial charge in [-0.2, -0.15) is 10.2 Å². The number of benzene rings is 1. The summed E-state index contributed by atoms with van der Waals surface area (Å²) in [6.45, 7) is 3.87. The van der Waals surface area contributed by atoms with Crippen LogP contribution in [-0.4, -0.2) is 31.3 Å². The quantitative estimate of drug-likeness (QED) is 0.423. The van der Waals surface area contributed by atoms with Crippen molar-refractivity contribution in [2.24, 2.45) is 10.8 Å². The summed E-state index contributed by atoms with van der Waals surface area (Å²) < 4.78 is 1.80. The minimum absolute atomic E-state index is 0.0725. The second-order valence-electron chi connectivity index (χ2n) is 6.52. The maximum atomic E-state index is 10.9. The molecule has 0 bridgehead atoms. The van der Waals surface area contributed by atoms with Crippen molar-refractivity contribution in [3.63, 3.8) is 0 Å². The van der Waals surface area contributed by atoms with Gasteiger partial charge in [0.15, 0.2) is 5.65 Å². The van der Waals surface area contributed by atoms with Crippen molar-refractivity contribution in [1.82, 2.24) is 25.0 Å². The standard InChI is InChI=1S/C20H19N7O/c1-12(14-5-6-17-15(10-14)4-3-9-22-17)18-11-23-19-8-7-16(26-27(18)19)13(2)24-25-20(21)28/h3-12H,1-2H3,(H3,21,25,28)/b24-13-. The van der Waals surface area contributed by atoms with Gasteiger partial charge < -0.3 is 5.73 Å². The predicted octanol–water partition coefficient (Wildman–Crippen LogP) is 2.82. The van der Waals surface area contributed by atoms with Crippen LogP contribution in [0.5, 0.6) is 0 Å². The Balaban J connectivity index is 1.73. The minimum atomic E-state index is -0.719. The van der Waals surface area contributed by atoms with Crippen molar-refractivity contribution < 1.29 is 4.79 Å². The number of amides is 2. The van der Waals surface area contributed by atoms with Gasteiger partial charge in [-0.1, -0.05) is 19.1 Å². The molecule has 0 fully saturated rings. The summed E-state index contributed by atoms with van der Waals surface area (Å²) in [5, 5.41) is 9.67. The van der Waals surface area contributed by atoms with E-state index in [4.69, 9.17) is 5.73 Å². The number of hydrazone groups is 1. The highest BCUT2D eigenvalue weighted by molar-refractivity contribution is 5.97. The average Bonchev–Trinajstić information content (AvgIpc) is 3.14. The number of imidazole rings is 1. The molecule has 0 spiro atoms. The maximum Gasteiger partial charge on any atom is 0.332 e. The molecule has 3 heterocycles. The number of nitrogens with one attached hydrogen (secondary N) is 1. The fourth-order valence-corrected chi connectivity index (χ4v) is 3.11. The van der Waals surface area contributed by atoms with E-state index in [9.17, 15) is 4.79 Å². The molecule has 2 amide bonds. The van der Waals surface area contributed by atoms with Crippen molar-refractivity contribution in [3.05, 3.63) is 71.8 Å². The van der Waals surface area contributed by atoms with E-state index in [0.717, 1.165) is 27.8 Å². The van der Waals surface area contributed by atoms with Crippen LogP contribution < -0.4 is 11.2 Å². The number of rotatable bonds is 4. The molecule has 8 nitrogen and oxygen atoms in total. The number of fused-ring (bicyclic) bond motifs is 2. The summed E-state index contributed by atoms with van der Waals surface area (Å²) in [5.41, 5.74) is 12.3. The third-order valence-corrected chi connectivity index (χ3v) is 4.66. The fourth-order valence-electron chi connectivity index (χ4n) is 3.11. The molecule has 0 aliphatic carbocycles. The zero-order chi connectivity index (χ0) is 19.7. The Kier molecular flexibility index (Phi) is 4.44. The minimum Gasteiger partial charge on any atom is -0.350 e. The van der Waals surface area contributed by atoms with Crippen LogP contribution in [0.3, 0.4) is 0 Å². The molecule has 140 valence electrons. The van der Waals surface area contributed by atoms with Crippen molar-refractivity contribution >= 4 is 28.3 Å². The summed E-state index contributed by atoms with van der Waals surface area (Å²) in [5.74, 6) is 0.0725. The van der Waals surface area contributed by atoms with Crippen LogP contribution in [0.15, 0.2) is 60.0 Å². The molecule has 28 heavy (non-hydrogen) atoms. The van der Waals surface area contributed by atoms with E-state index in [1.54, 1.807) is 23.7 Å². The number of pyridine rings is 1. The highest BCUT2D eigenvalue weighted by Gasteiger charge is 2.16. The Morgan fingerprint density at radius 2 is 2.07 bits per heavy atom. The molecule has 1 aromatic carbocycles. The van der Waals surface area contributed by atoms with Crippen LogP contribution in [0.4, 0.5) is 4.79 Å². The molecule has 3 aromatic heterocycles. The van der Waals surface area contributed by atoms with Gasteiger partial charge in [-0.3, -0.25) is 4.98 Å². The van der Waals surface area contributed by atoms with Crippen LogP contribution in [0, 0.1) is 0 Å². The second-order valence-corrected chi connectivity index (χ2v) is 6.52. The number of hydrogen-bond acceptors (Lipinski definition) is 5. The van der Waals surface area contributed by atoms with Crippen molar-refractivity contribution in [2.45, 2.75) is 19.8 Å². The molecule has 4 rings (SSSR count). The number of nitrogens with two attached hydrogens (primary N) is 1. The molecular formula is C20H19N7O. The first-order valence-corrected chi connectivity index (χ1v) is 8.82. The Morgan fingerprint density at radius 3 is 2.89 bits per heavy atom. The molecule has 3 N–H and O–H groups in total. The summed E-state index contributed by atoms with van der Waals surface area (Å²) in [7, 11) is 0. The molecule has 0 aliphatic rings. The Labute approximate surface area is 161 Å². The Hall–Kier alpha value is -3.81. The largest absolute Gasteiger partial charge is 0.350 e. The smallest absolute Gasteiger partial charge is 0.332 e. The molecule has 1 atom stereocenters. The van der Waals surface area contributed by atoms with Gasteiger partial charge >= 0.3 is 6.03 Å². The van der Waals surface area contributed by atoms with E-state index in [1.807, 2.05) is 24.4 Å². The summed E-state index contributed by atoms with van der Waals surface area (Å²) >= 11 is 0. The normalized spacial score (nSPS) is 13.0. The first-order chi connectivity index (χ1) is 13.5. The molecule has 0 saturated carbocycles. The van der Waals surface area contributed by atoms with Gasteiger partial charge in [0.05, 0.1) is 23.1 Å². The number of nitrogens with zero attached hydrogens (tertiary/aromatic N) is 5. The van der Waals surface area contributed by atoms with E-state index in [2.05, 4.69) is 50.7 Å². The topological polar surface area (TPSA) is 111 Å². The highest BCUT2D eigenvalue weighted by Crippen LogP contribution is 2.27. The predicted molar refractivity (Wildman–Crippen MR) is 107 cm³/mol. The fraction of sp³-hybridized carbons (Fsp3) is 0.150. The third kappa shape index (κ3) is 3.27. The van der Waals surface area contributed by atoms with Crippen LogP contribution >= 0.6 is 0 Å². The number of carbonyl (C=O) groups excluding carboxylic acids is 1. The van der Waals surface area contributed by atoms with Crippen molar-refractivity contribution in [1.29, 1.82) is 0 Å². The molecule has 1 unspecified atom stereocenters. The first-order valence-electron chi connectivity index (χ1n) is 8.82. The average molecular weight is 373 g/mol. The number of urea groups is 1. The summed E-state index contributed by atoms with van der Waals surface area (Å²) in [6, 6.07) is 13.2. The zero-order valence-electron chi connectivity index (χ0n) is 15.5. The van der Waals surface area contributed by atoms with E-state index >= 15 is 0 Å². The van der Waals surface area contributed by atoms with Gasteiger partial charge in [0.2, 0.25) is 0 Å². The lowest BCUT2D eigenvalue weighted by Gasteiger charge is -2.12. The van der Waals surface area contributed by atoms with Crippen molar-refractivity contribution in [3.8, 4) is 0 Å². The van der Waals surface area contributed by atoms with E-state index in [0.29, 0.717) is 11.4 Å². The summed E-state index contributed by atoms with van der Waals surface area (Å²) in [6.07, 6.45) is 3.62. The third-order valence-electron chi connectivity index (χ3n) is 4.66. The van der Waals surface area contributed by atoms with E-state index in [-0.39, 0.29) is 5.92 Å². The van der Waals surface area contributed by atoms with Gasteiger partial charge in [0.25, 0.3) is 0 Å². The monoisotopic (exact) mass is 373 g/mol. The van der Waals surface area contributed by atoms with Crippen LogP contribution in [0.2, 0.25) is 0 Å². The van der Waals surface area contributed by atoms with Crippen LogP contribution in [-0.2, 0) is 0 Å². The van der Waals surface area contributed by atoms with Gasteiger partial charge in [-0.05, 0) is 42.8 Å². The van der Waals surface area contributed by atoms with E-state index < -0.39 is 6.03 Å². The lowest BCUT2D eigenvalue weighted by Crippen LogP contribution is -2.25. The van der Waals surface area contributed by atoms with Gasteiger partial charge in [0, 0.05) is 17.5 Å². The second kappa shape index (κ2) is 7.07. The van der Waals surface area contributed by atoms with Crippen molar-refractivity contribution in [2.75, 3.05) is 0 Å².